The molecule has 8 heteroatoms. The van der Waals surface area contributed by atoms with E-state index in [0.717, 1.165) is 58.3 Å². The summed E-state index contributed by atoms with van der Waals surface area (Å²) in [5, 5.41) is 1.71. The van der Waals surface area contributed by atoms with E-state index in [1.54, 1.807) is 32.2 Å². The number of carbonyl (C=O) groups is 2. The highest BCUT2D eigenvalue weighted by Gasteiger charge is 2.49. The minimum absolute atomic E-state index is 0.0639. The van der Waals surface area contributed by atoms with Crippen molar-refractivity contribution in [1.82, 2.24) is 9.80 Å². The van der Waals surface area contributed by atoms with Gasteiger partial charge in [0.05, 0.1) is 12.3 Å². The Hall–Kier alpha value is -4.92. The lowest BCUT2D eigenvalue weighted by atomic mass is 9.91. The predicted octanol–water partition coefficient (Wildman–Crippen LogP) is 8.78. The van der Waals surface area contributed by atoms with E-state index in [-0.39, 0.29) is 35.4 Å². The Bertz CT molecular complexity index is 1910. The number of nitrogens with zero attached hydrogens (tertiary/aromatic N) is 2. The number of likely N-dealkylation sites (N-methyl/N-ethyl adjacent to an activating group) is 2. The molecule has 282 valence electrons. The second-order valence-electron chi connectivity index (χ2n) is 15.5. The normalized spacial score (nSPS) is 14.4. The lowest BCUT2D eigenvalue weighted by molar-refractivity contribution is -0.138. The fraction of sp³-hybridized carbons (Fsp3) is 0.348. The van der Waals surface area contributed by atoms with E-state index in [4.69, 9.17) is 9.15 Å². The number of fused-ring (bicyclic) bond motifs is 3. The summed E-state index contributed by atoms with van der Waals surface area (Å²) < 4.78 is 11.8. The monoisotopic (exact) mass is 742 g/mol. The van der Waals surface area contributed by atoms with Gasteiger partial charge in [-0.25, -0.2) is 4.79 Å². The second-order valence-corrected chi connectivity index (χ2v) is 19.5. The van der Waals surface area contributed by atoms with Crippen LogP contribution < -0.4 is 10.4 Å². The van der Waals surface area contributed by atoms with Crippen molar-refractivity contribution in [3.05, 3.63) is 144 Å². The molecular formula is C46H54N2O5Si. The zero-order valence-electron chi connectivity index (χ0n) is 32.4. The summed E-state index contributed by atoms with van der Waals surface area (Å²) in [7, 11) is 0.324. The molecule has 2 amide bonds. The molecule has 0 fully saturated rings. The summed E-state index contributed by atoms with van der Waals surface area (Å²) >= 11 is 0. The van der Waals surface area contributed by atoms with E-state index in [2.05, 4.69) is 69.3 Å². The Morgan fingerprint density at radius 2 is 1.30 bits per heavy atom. The van der Waals surface area contributed by atoms with Crippen LogP contribution in [0.4, 0.5) is 4.79 Å². The first kappa shape index (κ1) is 38.8. The number of unbranched alkanes of at least 4 members (excludes halogenated alkanes) is 1. The van der Waals surface area contributed by atoms with Gasteiger partial charge in [0, 0.05) is 20.0 Å². The molecule has 54 heavy (non-hydrogen) atoms. The van der Waals surface area contributed by atoms with E-state index < -0.39 is 20.5 Å². The number of furan rings is 1. The first-order valence-corrected chi connectivity index (χ1v) is 21.1. The lowest BCUT2D eigenvalue weighted by Crippen LogP contribution is -2.65. The highest BCUT2D eigenvalue weighted by Crippen LogP contribution is 2.45. The molecule has 3 atom stereocenters. The van der Waals surface area contributed by atoms with Gasteiger partial charge in [-0.15, -0.1) is 0 Å². The molecule has 1 N–H and O–H groups in total. The Balaban J connectivity index is 1.08. The molecule has 1 aromatic heterocycles. The Morgan fingerprint density at radius 3 is 1.83 bits per heavy atom. The number of amides is 2. The van der Waals surface area contributed by atoms with Gasteiger partial charge in [-0.2, -0.15) is 0 Å². The molecule has 0 saturated heterocycles. The third kappa shape index (κ3) is 7.68. The highest BCUT2D eigenvalue weighted by molar-refractivity contribution is 6.98. The minimum atomic E-state index is -3.09. The number of benzene rings is 4. The van der Waals surface area contributed by atoms with Crippen LogP contribution in [-0.4, -0.2) is 61.7 Å². The number of hydrogen-bond donors (Lipinski definition) is 1. The molecule has 6 rings (SSSR count). The van der Waals surface area contributed by atoms with Gasteiger partial charge >= 0.3 is 6.09 Å². The average molecular weight is 743 g/mol. The van der Waals surface area contributed by atoms with Gasteiger partial charge in [0.1, 0.15) is 18.4 Å². The quantitative estimate of drug-likeness (QED) is 0.0857. The zero-order valence-corrected chi connectivity index (χ0v) is 33.4. The molecule has 4 aromatic carbocycles. The van der Waals surface area contributed by atoms with Gasteiger partial charge in [0.25, 0.3) is 8.32 Å². The number of ether oxygens (including phenoxy) is 1. The standard InChI is InChI=1S/C46H54N2O5Si/c1-33(20-17-18-30-46(3,4)54(51,35-21-9-7-10-22-35)36-23-11-8-12-24-36)43(42-29-19-31-52-42)48(6)44(49)34(2)47(5)45(50)53-32-41-39-27-15-13-25-37(39)38-26-14-16-28-40(38)41/h7-16,19,21-29,31,33-34,41,43,51H,17-18,20,30,32H2,1-6H3/t33-,34-,43+/m1/s1. The molecule has 1 heterocycles. The van der Waals surface area contributed by atoms with Crippen LogP contribution in [0.5, 0.6) is 0 Å². The molecule has 0 spiro atoms. The Kier molecular flexibility index (Phi) is 11.9. The van der Waals surface area contributed by atoms with E-state index in [0.29, 0.717) is 5.76 Å². The van der Waals surface area contributed by atoms with Crippen molar-refractivity contribution in [1.29, 1.82) is 0 Å². The van der Waals surface area contributed by atoms with Crippen LogP contribution in [0.1, 0.15) is 82.2 Å². The maximum atomic E-state index is 14.1. The van der Waals surface area contributed by atoms with Crippen LogP contribution in [-0.2, 0) is 9.53 Å². The topological polar surface area (TPSA) is 83.2 Å². The van der Waals surface area contributed by atoms with Crippen molar-refractivity contribution < 1.29 is 23.5 Å². The fourth-order valence-corrected chi connectivity index (χ4v) is 12.2. The SMILES string of the molecule is C[C@H](CCCCC(C)(C)[Si](O)(c1ccccc1)c1ccccc1)[C@@H](c1ccco1)N(C)C(=O)[C@@H](C)N(C)C(=O)OCC1c2ccccc2-c2ccccc21. The summed E-state index contributed by atoms with van der Waals surface area (Å²) in [6, 6.07) is 39.5. The Morgan fingerprint density at radius 1 is 0.759 bits per heavy atom. The van der Waals surface area contributed by atoms with E-state index in [1.807, 2.05) is 72.8 Å². The Labute approximate surface area is 321 Å². The number of hydrogen-bond acceptors (Lipinski definition) is 5. The second kappa shape index (κ2) is 16.6. The smallest absolute Gasteiger partial charge is 0.410 e. The van der Waals surface area contributed by atoms with Crippen LogP contribution in [0.3, 0.4) is 0 Å². The van der Waals surface area contributed by atoms with E-state index in [9.17, 15) is 14.4 Å². The third-order valence-electron chi connectivity index (χ3n) is 11.8. The molecule has 0 radical (unpaired) electrons. The van der Waals surface area contributed by atoms with Crippen LogP contribution >= 0.6 is 0 Å². The molecule has 0 aliphatic heterocycles. The summed E-state index contributed by atoms with van der Waals surface area (Å²) in [4.78, 5) is 43.2. The van der Waals surface area contributed by atoms with Crippen LogP contribution in [0.15, 0.2) is 132 Å². The minimum Gasteiger partial charge on any atom is -0.467 e. The average Bonchev–Trinajstić information content (AvgIpc) is 3.84. The molecule has 0 saturated carbocycles. The molecule has 1 aliphatic rings. The fourth-order valence-electron chi connectivity index (χ4n) is 8.44. The molecular weight excluding hydrogens is 689 g/mol. The van der Waals surface area contributed by atoms with E-state index in [1.165, 1.54) is 4.90 Å². The predicted molar refractivity (Wildman–Crippen MR) is 218 cm³/mol. The van der Waals surface area contributed by atoms with Gasteiger partial charge < -0.3 is 18.8 Å². The van der Waals surface area contributed by atoms with Gasteiger partial charge in [-0.3, -0.25) is 9.69 Å². The van der Waals surface area contributed by atoms with Crippen molar-refractivity contribution in [2.45, 2.75) is 76.4 Å². The van der Waals surface area contributed by atoms with Gasteiger partial charge in [-0.05, 0) is 75.5 Å². The summed E-state index contributed by atoms with van der Waals surface area (Å²) in [6.45, 7) is 8.50. The van der Waals surface area contributed by atoms with Crippen LogP contribution in [0.2, 0.25) is 5.04 Å². The zero-order chi connectivity index (χ0) is 38.5. The van der Waals surface area contributed by atoms with Crippen molar-refractivity contribution in [2.75, 3.05) is 20.7 Å². The first-order valence-electron chi connectivity index (χ1n) is 19.2. The summed E-state index contributed by atoms with van der Waals surface area (Å²) in [5.74, 6) is 0.525. The molecule has 0 bridgehead atoms. The molecule has 5 aromatic rings. The van der Waals surface area contributed by atoms with Crippen LogP contribution in [0.25, 0.3) is 11.1 Å². The molecule has 1 aliphatic carbocycles. The summed E-state index contributed by atoms with van der Waals surface area (Å²) in [5.41, 5.74) is 4.61. The molecule has 0 unspecified atom stereocenters. The van der Waals surface area contributed by atoms with Crippen LogP contribution in [0, 0.1) is 5.92 Å². The van der Waals surface area contributed by atoms with Gasteiger partial charge in [0.2, 0.25) is 5.91 Å². The highest BCUT2D eigenvalue weighted by atomic mass is 28.4. The maximum Gasteiger partial charge on any atom is 0.410 e. The van der Waals surface area contributed by atoms with Crippen molar-refractivity contribution >= 4 is 30.7 Å². The van der Waals surface area contributed by atoms with Gasteiger partial charge in [0.15, 0.2) is 0 Å². The lowest BCUT2D eigenvalue weighted by Gasteiger charge is -2.41. The maximum absolute atomic E-state index is 14.1. The first-order chi connectivity index (χ1) is 26.0. The summed E-state index contributed by atoms with van der Waals surface area (Å²) in [6.07, 6.45) is 4.66. The van der Waals surface area contributed by atoms with Crippen molar-refractivity contribution in [2.24, 2.45) is 5.92 Å². The van der Waals surface area contributed by atoms with Crippen molar-refractivity contribution in [3.63, 3.8) is 0 Å². The van der Waals surface area contributed by atoms with Gasteiger partial charge in [-0.1, -0.05) is 143 Å². The van der Waals surface area contributed by atoms with Crippen molar-refractivity contribution in [3.8, 4) is 11.1 Å². The molecule has 7 nitrogen and oxygen atoms in total. The van der Waals surface area contributed by atoms with E-state index >= 15 is 0 Å². The largest absolute Gasteiger partial charge is 0.467 e. The number of rotatable bonds is 15. The third-order valence-corrected chi connectivity index (χ3v) is 16.3. The number of carbonyl (C=O) groups excluding carboxylic acids is 2.